The van der Waals surface area contributed by atoms with Crippen molar-refractivity contribution in [1.29, 1.82) is 0 Å². The van der Waals surface area contributed by atoms with E-state index in [2.05, 4.69) is 12.2 Å². The smallest absolute Gasteiger partial charge is 0.123 e. The predicted molar refractivity (Wildman–Crippen MR) is 60.2 cm³/mol. The van der Waals surface area contributed by atoms with Crippen LogP contribution in [0.15, 0.2) is 24.3 Å². The van der Waals surface area contributed by atoms with Crippen LogP contribution in [0.4, 0.5) is 4.39 Å². The van der Waals surface area contributed by atoms with Gasteiger partial charge in [0.05, 0.1) is 0 Å². The molecule has 1 aliphatic carbocycles. The summed E-state index contributed by atoms with van der Waals surface area (Å²) in [5.74, 6) is -0.160. The second-order valence-corrected chi connectivity index (χ2v) is 4.78. The lowest BCUT2D eigenvalue weighted by atomic mass is 9.64. The molecule has 0 radical (unpaired) electrons. The molecule has 82 valence electrons. The fourth-order valence-corrected chi connectivity index (χ4v) is 2.60. The molecule has 0 saturated heterocycles. The number of hydrogen-bond donors (Lipinski definition) is 1. The minimum absolute atomic E-state index is 0.160. The van der Waals surface area contributed by atoms with Gasteiger partial charge in [0.15, 0.2) is 0 Å². The van der Waals surface area contributed by atoms with Crippen molar-refractivity contribution >= 4 is 0 Å². The van der Waals surface area contributed by atoms with E-state index in [1.165, 1.54) is 24.8 Å². The topological polar surface area (TPSA) is 12.0 Å². The molecule has 1 aromatic rings. The summed E-state index contributed by atoms with van der Waals surface area (Å²) in [6.07, 6.45) is 3.83. The van der Waals surface area contributed by atoms with Crippen LogP contribution in [0.5, 0.6) is 0 Å². The van der Waals surface area contributed by atoms with Crippen molar-refractivity contribution in [2.24, 2.45) is 5.41 Å². The third-order valence-corrected chi connectivity index (χ3v) is 3.68. The normalized spacial score (nSPS) is 20.7. The van der Waals surface area contributed by atoms with Gasteiger partial charge in [0, 0.05) is 6.04 Å². The van der Waals surface area contributed by atoms with Crippen molar-refractivity contribution in [3.63, 3.8) is 0 Å². The molecule has 2 rings (SSSR count). The molecule has 0 amide bonds. The number of nitrogens with one attached hydrogen (secondary N) is 1. The van der Waals surface area contributed by atoms with Crippen molar-refractivity contribution < 1.29 is 4.39 Å². The minimum atomic E-state index is -0.160. The average molecular weight is 207 g/mol. The second-order valence-electron chi connectivity index (χ2n) is 4.78. The van der Waals surface area contributed by atoms with Gasteiger partial charge in [-0.25, -0.2) is 4.39 Å². The monoisotopic (exact) mass is 207 g/mol. The van der Waals surface area contributed by atoms with Crippen molar-refractivity contribution in [3.8, 4) is 0 Å². The first kappa shape index (κ1) is 10.6. The van der Waals surface area contributed by atoms with E-state index in [0.29, 0.717) is 11.5 Å². The highest BCUT2D eigenvalue weighted by atomic mass is 19.1. The van der Waals surface area contributed by atoms with Crippen LogP contribution in [-0.4, -0.2) is 7.05 Å². The highest BCUT2D eigenvalue weighted by Crippen LogP contribution is 2.49. The van der Waals surface area contributed by atoms with Crippen LogP contribution in [0.3, 0.4) is 0 Å². The Morgan fingerprint density at radius 1 is 1.27 bits per heavy atom. The van der Waals surface area contributed by atoms with E-state index >= 15 is 0 Å². The molecule has 1 unspecified atom stereocenters. The summed E-state index contributed by atoms with van der Waals surface area (Å²) in [6.45, 7) is 2.31. The Bertz CT molecular complexity index is 327. The Labute approximate surface area is 90.7 Å². The van der Waals surface area contributed by atoms with Gasteiger partial charge in [-0.1, -0.05) is 25.5 Å². The molecule has 1 aliphatic rings. The van der Waals surface area contributed by atoms with E-state index in [-0.39, 0.29) is 5.82 Å². The van der Waals surface area contributed by atoms with Crippen molar-refractivity contribution in [2.75, 3.05) is 7.05 Å². The van der Waals surface area contributed by atoms with Gasteiger partial charge < -0.3 is 5.32 Å². The summed E-state index contributed by atoms with van der Waals surface area (Å²) in [5, 5.41) is 3.36. The molecular weight excluding hydrogens is 189 g/mol. The number of halogens is 1. The maximum absolute atomic E-state index is 12.8. The van der Waals surface area contributed by atoms with Gasteiger partial charge in [0.1, 0.15) is 5.82 Å². The summed E-state index contributed by atoms with van der Waals surface area (Å²) in [4.78, 5) is 0. The SMILES string of the molecule is CNC(c1ccc(F)cc1)C1(C)CCC1. The summed E-state index contributed by atoms with van der Waals surface area (Å²) < 4.78 is 12.8. The van der Waals surface area contributed by atoms with Crippen LogP contribution in [0.25, 0.3) is 0 Å². The van der Waals surface area contributed by atoms with E-state index in [4.69, 9.17) is 0 Å². The molecule has 15 heavy (non-hydrogen) atoms. The molecule has 0 spiro atoms. The molecule has 1 fully saturated rings. The molecule has 1 aromatic carbocycles. The molecular formula is C13H18FN. The zero-order valence-electron chi connectivity index (χ0n) is 9.39. The van der Waals surface area contributed by atoms with E-state index < -0.39 is 0 Å². The van der Waals surface area contributed by atoms with Gasteiger partial charge in [-0.15, -0.1) is 0 Å². The predicted octanol–water partition coefficient (Wildman–Crippen LogP) is 3.28. The largest absolute Gasteiger partial charge is 0.313 e. The Morgan fingerprint density at radius 3 is 2.27 bits per heavy atom. The van der Waals surface area contributed by atoms with Crippen LogP contribution in [0, 0.1) is 11.2 Å². The molecule has 0 heterocycles. The van der Waals surface area contributed by atoms with E-state index in [1.807, 2.05) is 19.2 Å². The van der Waals surface area contributed by atoms with E-state index in [0.717, 1.165) is 0 Å². The van der Waals surface area contributed by atoms with E-state index in [9.17, 15) is 4.39 Å². The lowest BCUT2D eigenvalue weighted by Crippen LogP contribution is -2.39. The zero-order valence-corrected chi connectivity index (χ0v) is 9.39. The molecule has 1 N–H and O–H groups in total. The average Bonchev–Trinajstić information content (AvgIpc) is 2.19. The summed E-state index contributed by atoms with van der Waals surface area (Å²) in [5.41, 5.74) is 1.55. The standard InChI is InChI=1S/C13H18FN/c1-13(8-3-9-13)12(15-2)10-4-6-11(14)7-5-10/h4-7,12,15H,3,8-9H2,1-2H3. The summed E-state index contributed by atoms with van der Waals surface area (Å²) in [6, 6.07) is 7.22. The Balaban J connectivity index is 2.22. The Kier molecular flexibility index (Phi) is 2.79. The van der Waals surface area contributed by atoms with Crippen LogP contribution in [0.2, 0.25) is 0 Å². The molecule has 0 aromatic heterocycles. The molecule has 1 atom stereocenters. The molecule has 1 saturated carbocycles. The highest BCUT2D eigenvalue weighted by molar-refractivity contribution is 5.23. The molecule has 2 heteroatoms. The molecule has 1 nitrogen and oxygen atoms in total. The maximum atomic E-state index is 12.8. The lowest BCUT2D eigenvalue weighted by molar-refractivity contribution is 0.102. The third kappa shape index (κ3) is 1.91. The van der Waals surface area contributed by atoms with E-state index in [1.54, 1.807) is 12.1 Å². The van der Waals surface area contributed by atoms with Gasteiger partial charge in [-0.2, -0.15) is 0 Å². The van der Waals surface area contributed by atoms with Crippen molar-refractivity contribution in [1.82, 2.24) is 5.32 Å². The Morgan fingerprint density at radius 2 is 1.87 bits per heavy atom. The first-order valence-electron chi connectivity index (χ1n) is 5.58. The van der Waals surface area contributed by atoms with Crippen molar-refractivity contribution in [3.05, 3.63) is 35.6 Å². The third-order valence-electron chi connectivity index (χ3n) is 3.68. The first-order chi connectivity index (χ1) is 7.15. The zero-order chi connectivity index (χ0) is 10.9. The van der Waals surface area contributed by atoms with Gasteiger partial charge in [0.2, 0.25) is 0 Å². The fraction of sp³-hybridized carbons (Fsp3) is 0.538. The van der Waals surface area contributed by atoms with Crippen molar-refractivity contribution in [2.45, 2.75) is 32.2 Å². The van der Waals surface area contributed by atoms with Crippen LogP contribution >= 0.6 is 0 Å². The fourth-order valence-electron chi connectivity index (χ4n) is 2.60. The minimum Gasteiger partial charge on any atom is -0.313 e. The van der Waals surface area contributed by atoms with Crippen LogP contribution < -0.4 is 5.32 Å². The van der Waals surface area contributed by atoms with Gasteiger partial charge in [0.25, 0.3) is 0 Å². The Hall–Kier alpha value is -0.890. The van der Waals surface area contributed by atoms with Crippen LogP contribution in [0.1, 0.15) is 37.8 Å². The molecule has 0 aliphatic heterocycles. The quantitative estimate of drug-likeness (QED) is 0.802. The number of hydrogen-bond acceptors (Lipinski definition) is 1. The summed E-state index contributed by atoms with van der Waals surface area (Å²) in [7, 11) is 1.98. The maximum Gasteiger partial charge on any atom is 0.123 e. The first-order valence-corrected chi connectivity index (χ1v) is 5.58. The summed E-state index contributed by atoms with van der Waals surface area (Å²) >= 11 is 0. The highest BCUT2D eigenvalue weighted by Gasteiger charge is 2.39. The molecule has 0 bridgehead atoms. The van der Waals surface area contributed by atoms with Gasteiger partial charge >= 0.3 is 0 Å². The lowest BCUT2D eigenvalue weighted by Gasteiger charge is -2.45. The number of rotatable bonds is 3. The number of benzene rings is 1. The van der Waals surface area contributed by atoms with Gasteiger partial charge in [-0.3, -0.25) is 0 Å². The second kappa shape index (κ2) is 3.93. The van der Waals surface area contributed by atoms with Gasteiger partial charge in [-0.05, 0) is 43.0 Å². The van der Waals surface area contributed by atoms with Crippen LogP contribution in [-0.2, 0) is 0 Å².